The number of ether oxygens (including phenoxy) is 2. The Bertz CT molecular complexity index is 718. The summed E-state index contributed by atoms with van der Waals surface area (Å²) in [6, 6.07) is 14.5. The Kier molecular flexibility index (Phi) is 6.81. The number of carbonyl (C=O) groups excluding carboxylic acids is 2. The minimum Gasteiger partial charge on any atom is -0.490 e. The van der Waals surface area contributed by atoms with Crippen molar-refractivity contribution in [3.05, 3.63) is 64.1 Å². The topological polar surface area (TPSA) is 64.6 Å². The van der Waals surface area contributed by atoms with Gasteiger partial charge in [0.15, 0.2) is 0 Å². The van der Waals surface area contributed by atoms with Crippen molar-refractivity contribution in [3.8, 4) is 5.75 Å². The summed E-state index contributed by atoms with van der Waals surface area (Å²) in [5.41, 5.74) is 1.57. The first-order chi connectivity index (χ1) is 11.5. The van der Waals surface area contributed by atoms with Crippen LogP contribution in [0, 0.1) is 6.92 Å². The number of esters is 1. The molecule has 1 N–H and O–H groups in total. The van der Waals surface area contributed by atoms with Crippen LogP contribution in [-0.4, -0.2) is 31.6 Å². The molecule has 126 valence electrons. The molecule has 0 radical (unpaired) electrons. The van der Waals surface area contributed by atoms with E-state index in [2.05, 4.69) is 21.2 Å². The zero-order chi connectivity index (χ0) is 17.4. The predicted molar refractivity (Wildman–Crippen MR) is 94.1 cm³/mol. The number of hydrogen-bond acceptors (Lipinski definition) is 4. The second-order valence-electron chi connectivity index (χ2n) is 5.08. The minimum absolute atomic E-state index is 0.125. The maximum absolute atomic E-state index is 11.9. The second kappa shape index (κ2) is 9.08. The number of halogens is 1. The van der Waals surface area contributed by atoms with Gasteiger partial charge in [-0.3, -0.25) is 9.59 Å². The van der Waals surface area contributed by atoms with Gasteiger partial charge in [0, 0.05) is 10.0 Å². The van der Waals surface area contributed by atoms with Gasteiger partial charge in [-0.25, -0.2) is 0 Å². The van der Waals surface area contributed by atoms with E-state index in [9.17, 15) is 9.59 Å². The van der Waals surface area contributed by atoms with Crippen LogP contribution in [0.4, 0.5) is 0 Å². The molecule has 2 rings (SSSR count). The standard InChI is InChI=1S/C18H18BrNO4/c1-13-4-2-7-16(10-13)23-8-9-24-17(21)12-20-18(22)14-5-3-6-15(19)11-14/h2-7,10-11H,8-9,12H2,1H3,(H,20,22). The molecular formula is C18H18BrNO4. The Morgan fingerprint density at radius 1 is 1.08 bits per heavy atom. The molecule has 0 heterocycles. The summed E-state index contributed by atoms with van der Waals surface area (Å²) >= 11 is 3.29. The molecular weight excluding hydrogens is 374 g/mol. The van der Waals surface area contributed by atoms with Gasteiger partial charge in [-0.15, -0.1) is 0 Å². The number of hydrogen-bond donors (Lipinski definition) is 1. The summed E-state index contributed by atoms with van der Waals surface area (Å²) in [5, 5.41) is 2.52. The van der Waals surface area contributed by atoms with E-state index < -0.39 is 5.97 Å². The molecule has 2 aromatic rings. The van der Waals surface area contributed by atoms with E-state index in [1.807, 2.05) is 37.3 Å². The fourth-order valence-corrected chi connectivity index (χ4v) is 2.35. The average Bonchev–Trinajstić information content (AvgIpc) is 2.56. The lowest BCUT2D eigenvalue weighted by atomic mass is 10.2. The van der Waals surface area contributed by atoms with Gasteiger partial charge < -0.3 is 14.8 Å². The Labute approximate surface area is 149 Å². The van der Waals surface area contributed by atoms with Crippen LogP contribution in [0.1, 0.15) is 15.9 Å². The number of amides is 1. The Balaban J connectivity index is 1.65. The average molecular weight is 392 g/mol. The van der Waals surface area contributed by atoms with E-state index in [-0.39, 0.29) is 25.7 Å². The van der Waals surface area contributed by atoms with Crippen molar-refractivity contribution in [3.63, 3.8) is 0 Å². The molecule has 1 amide bonds. The highest BCUT2D eigenvalue weighted by molar-refractivity contribution is 9.10. The van der Waals surface area contributed by atoms with Crippen LogP contribution < -0.4 is 10.1 Å². The minimum atomic E-state index is -0.508. The third kappa shape index (κ3) is 6.04. The lowest BCUT2D eigenvalue weighted by Crippen LogP contribution is -2.31. The maximum Gasteiger partial charge on any atom is 0.325 e. The molecule has 0 bridgehead atoms. The number of nitrogens with one attached hydrogen (secondary N) is 1. The molecule has 24 heavy (non-hydrogen) atoms. The van der Waals surface area contributed by atoms with Crippen LogP contribution in [-0.2, 0) is 9.53 Å². The zero-order valence-electron chi connectivity index (χ0n) is 13.3. The third-order valence-electron chi connectivity index (χ3n) is 3.08. The first-order valence-corrected chi connectivity index (χ1v) is 8.23. The fourth-order valence-electron chi connectivity index (χ4n) is 1.96. The fraction of sp³-hybridized carbons (Fsp3) is 0.222. The van der Waals surface area contributed by atoms with Gasteiger partial charge in [0.2, 0.25) is 0 Å². The van der Waals surface area contributed by atoms with Crippen LogP contribution in [0.15, 0.2) is 53.0 Å². The van der Waals surface area contributed by atoms with Gasteiger partial charge in [0.1, 0.15) is 25.5 Å². The molecule has 0 fully saturated rings. The van der Waals surface area contributed by atoms with Gasteiger partial charge in [0.25, 0.3) is 5.91 Å². The van der Waals surface area contributed by atoms with E-state index in [0.29, 0.717) is 5.56 Å². The molecule has 0 saturated heterocycles. The summed E-state index contributed by atoms with van der Waals surface area (Å²) in [7, 11) is 0. The molecule has 0 atom stereocenters. The summed E-state index contributed by atoms with van der Waals surface area (Å²) in [5.74, 6) is -0.107. The van der Waals surface area contributed by atoms with E-state index in [4.69, 9.17) is 9.47 Å². The van der Waals surface area contributed by atoms with Gasteiger partial charge in [-0.05, 0) is 42.8 Å². The first kappa shape index (κ1) is 18.0. The van der Waals surface area contributed by atoms with Gasteiger partial charge in [-0.2, -0.15) is 0 Å². The van der Waals surface area contributed by atoms with Crippen molar-refractivity contribution < 1.29 is 19.1 Å². The molecule has 0 aromatic heterocycles. The van der Waals surface area contributed by atoms with Crippen molar-refractivity contribution >= 4 is 27.8 Å². The zero-order valence-corrected chi connectivity index (χ0v) is 14.8. The van der Waals surface area contributed by atoms with Crippen LogP contribution >= 0.6 is 15.9 Å². The molecule has 2 aromatic carbocycles. The molecule has 0 aliphatic heterocycles. The molecule has 0 unspecified atom stereocenters. The largest absolute Gasteiger partial charge is 0.490 e. The highest BCUT2D eigenvalue weighted by Gasteiger charge is 2.09. The lowest BCUT2D eigenvalue weighted by molar-refractivity contribution is -0.143. The van der Waals surface area contributed by atoms with Crippen molar-refractivity contribution in [1.82, 2.24) is 5.32 Å². The molecule has 5 nitrogen and oxygen atoms in total. The second-order valence-corrected chi connectivity index (χ2v) is 5.99. The monoisotopic (exact) mass is 391 g/mol. The number of carbonyl (C=O) groups is 2. The van der Waals surface area contributed by atoms with Gasteiger partial charge >= 0.3 is 5.97 Å². The number of benzene rings is 2. The molecule has 0 spiro atoms. The normalized spacial score (nSPS) is 10.1. The first-order valence-electron chi connectivity index (χ1n) is 7.43. The quantitative estimate of drug-likeness (QED) is 0.581. The molecule has 6 heteroatoms. The Hall–Kier alpha value is -2.34. The van der Waals surface area contributed by atoms with E-state index in [1.165, 1.54) is 0 Å². The summed E-state index contributed by atoms with van der Waals surface area (Å²) in [6.45, 7) is 2.17. The number of rotatable bonds is 7. The van der Waals surface area contributed by atoms with E-state index >= 15 is 0 Å². The van der Waals surface area contributed by atoms with E-state index in [1.54, 1.807) is 18.2 Å². The lowest BCUT2D eigenvalue weighted by Gasteiger charge is -2.09. The van der Waals surface area contributed by atoms with Crippen molar-refractivity contribution in [2.24, 2.45) is 0 Å². The highest BCUT2D eigenvalue weighted by Crippen LogP contribution is 2.12. The summed E-state index contributed by atoms with van der Waals surface area (Å²) in [6.07, 6.45) is 0. The maximum atomic E-state index is 11.9. The molecule has 0 saturated carbocycles. The van der Waals surface area contributed by atoms with Crippen LogP contribution in [0.5, 0.6) is 5.75 Å². The van der Waals surface area contributed by atoms with Crippen molar-refractivity contribution in [1.29, 1.82) is 0 Å². The molecule has 0 aliphatic carbocycles. The SMILES string of the molecule is Cc1cccc(OCCOC(=O)CNC(=O)c2cccc(Br)c2)c1. The van der Waals surface area contributed by atoms with Crippen molar-refractivity contribution in [2.75, 3.05) is 19.8 Å². The van der Waals surface area contributed by atoms with Crippen molar-refractivity contribution in [2.45, 2.75) is 6.92 Å². The van der Waals surface area contributed by atoms with Gasteiger partial charge in [-0.1, -0.05) is 34.1 Å². The smallest absolute Gasteiger partial charge is 0.325 e. The van der Waals surface area contributed by atoms with Gasteiger partial charge in [0.05, 0.1) is 0 Å². The summed E-state index contributed by atoms with van der Waals surface area (Å²) in [4.78, 5) is 23.5. The number of aryl methyl sites for hydroxylation is 1. The van der Waals surface area contributed by atoms with Crippen LogP contribution in [0.2, 0.25) is 0 Å². The van der Waals surface area contributed by atoms with E-state index in [0.717, 1.165) is 15.8 Å². The third-order valence-corrected chi connectivity index (χ3v) is 3.58. The summed E-state index contributed by atoms with van der Waals surface area (Å²) < 4.78 is 11.3. The highest BCUT2D eigenvalue weighted by atomic mass is 79.9. The predicted octanol–water partition coefficient (Wildman–Crippen LogP) is 3.11. The Morgan fingerprint density at radius 3 is 2.62 bits per heavy atom. The Morgan fingerprint density at radius 2 is 1.88 bits per heavy atom. The molecule has 0 aliphatic rings. The van der Waals surface area contributed by atoms with Crippen LogP contribution in [0.25, 0.3) is 0 Å². The van der Waals surface area contributed by atoms with Crippen LogP contribution in [0.3, 0.4) is 0 Å².